The molecule has 0 aliphatic heterocycles. The smallest absolute Gasteiger partial charge is 0.361 e. The first kappa shape index (κ1) is 24.1. The Morgan fingerprint density at radius 3 is 1.65 bits per heavy atom. The first-order valence-corrected chi connectivity index (χ1v) is 9.43. The molecule has 1 unspecified atom stereocenters. The predicted octanol–water partition coefficient (Wildman–Crippen LogP) is 5.59. The van der Waals surface area contributed by atoms with Crippen LogP contribution < -0.4 is 0 Å². The largest absolute Gasteiger partial charge is 0.477 e. The molecule has 0 saturated carbocycles. The molecule has 4 heteroatoms. The van der Waals surface area contributed by atoms with Gasteiger partial charge in [-0.3, -0.25) is 0 Å². The molecule has 0 rings (SSSR count). The van der Waals surface area contributed by atoms with Crippen molar-refractivity contribution in [1.82, 2.24) is 0 Å². The Kier molecular flexibility index (Phi) is 18.0. The van der Waals surface area contributed by atoms with Gasteiger partial charge in [0.2, 0.25) is 0 Å². The molecule has 0 bridgehead atoms. The summed E-state index contributed by atoms with van der Waals surface area (Å²) in [5.41, 5.74) is 0. The number of hydrogen-bond donors (Lipinski definition) is 1. The summed E-state index contributed by atoms with van der Waals surface area (Å²) >= 11 is 0. The lowest BCUT2D eigenvalue weighted by atomic mass is 10.2. The summed E-state index contributed by atoms with van der Waals surface area (Å²) in [4.78, 5) is 10.8. The van der Waals surface area contributed by atoms with Gasteiger partial charge in [-0.15, -0.1) is 0 Å². The van der Waals surface area contributed by atoms with E-state index in [4.69, 9.17) is 14.6 Å². The van der Waals surface area contributed by atoms with Gasteiger partial charge in [0.1, 0.15) is 0 Å². The van der Waals surface area contributed by atoms with E-state index in [1.807, 2.05) is 12.2 Å². The molecule has 0 aromatic heterocycles. The number of allylic oxidation sites excluding steroid dienone is 9. The van der Waals surface area contributed by atoms with Crippen LogP contribution in [0.25, 0.3) is 0 Å². The SMILES string of the molecule is CCC=CCC=CCC=CCC=CCC=CCCOC(OCC)C(=O)O. The summed E-state index contributed by atoms with van der Waals surface area (Å²) in [6.07, 6.45) is 25.8. The van der Waals surface area contributed by atoms with E-state index in [9.17, 15) is 4.79 Å². The van der Waals surface area contributed by atoms with Crippen molar-refractivity contribution >= 4 is 5.97 Å². The van der Waals surface area contributed by atoms with Crippen LogP contribution in [0, 0.1) is 0 Å². The maximum Gasteiger partial charge on any atom is 0.361 e. The van der Waals surface area contributed by atoms with Crippen LogP contribution in [0.15, 0.2) is 60.8 Å². The molecular weight excluding hydrogens is 328 g/mol. The molecule has 0 aliphatic carbocycles. The summed E-state index contributed by atoms with van der Waals surface area (Å²) in [5, 5.41) is 8.85. The fourth-order valence-electron chi connectivity index (χ4n) is 1.95. The van der Waals surface area contributed by atoms with Crippen LogP contribution in [0.4, 0.5) is 0 Å². The Morgan fingerprint density at radius 2 is 1.23 bits per heavy atom. The van der Waals surface area contributed by atoms with Crippen LogP contribution >= 0.6 is 0 Å². The Labute approximate surface area is 158 Å². The van der Waals surface area contributed by atoms with Crippen molar-refractivity contribution in [2.24, 2.45) is 0 Å². The molecule has 0 amide bonds. The minimum atomic E-state index is -1.16. The van der Waals surface area contributed by atoms with Crippen molar-refractivity contribution in [2.45, 2.75) is 58.7 Å². The summed E-state index contributed by atoms with van der Waals surface area (Å²) in [7, 11) is 0. The normalized spacial score (nSPS) is 13.9. The van der Waals surface area contributed by atoms with Crippen molar-refractivity contribution in [3.05, 3.63) is 60.8 Å². The Bertz CT molecular complexity index is 473. The number of aliphatic carboxylic acids is 1. The van der Waals surface area contributed by atoms with E-state index >= 15 is 0 Å². The average Bonchev–Trinajstić information content (AvgIpc) is 2.63. The Hall–Kier alpha value is -1.91. The lowest BCUT2D eigenvalue weighted by Gasteiger charge is -2.12. The van der Waals surface area contributed by atoms with Crippen molar-refractivity contribution < 1.29 is 19.4 Å². The third-order valence-electron chi connectivity index (χ3n) is 3.23. The standard InChI is InChI=1S/C22H34O4/c1-3-5-6-7-8-9-10-11-12-13-14-15-16-17-18-19-20-26-22(21(23)24)25-4-2/h5-6,8-9,11-12,14-15,17-18,22H,3-4,7,10,13,16,19-20H2,1-2H3,(H,23,24). The molecule has 1 atom stereocenters. The van der Waals surface area contributed by atoms with Crippen LogP contribution in [0.5, 0.6) is 0 Å². The fourth-order valence-corrected chi connectivity index (χ4v) is 1.95. The zero-order valence-electron chi connectivity index (χ0n) is 16.2. The molecule has 0 radical (unpaired) electrons. The first-order valence-electron chi connectivity index (χ1n) is 9.43. The van der Waals surface area contributed by atoms with Crippen molar-refractivity contribution in [1.29, 1.82) is 0 Å². The van der Waals surface area contributed by atoms with Gasteiger partial charge in [0.15, 0.2) is 0 Å². The van der Waals surface area contributed by atoms with E-state index in [2.05, 4.69) is 55.5 Å². The molecule has 0 aromatic carbocycles. The predicted molar refractivity (Wildman–Crippen MR) is 108 cm³/mol. The highest BCUT2D eigenvalue weighted by atomic mass is 16.7. The Balaban J connectivity index is 3.62. The monoisotopic (exact) mass is 362 g/mol. The maximum atomic E-state index is 10.8. The summed E-state index contributed by atoms with van der Waals surface area (Å²) in [5.74, 6) is -1.09. The molecule has 1 N–H and O–H groups in total. The van der Waals surface area contributed by atoms with Crippen LogP contribution in [-0.2, 0) is 14.3 Å². The molecule has 0 saturated heterocycles. The third-order valence-corrected chi connectivity index (χ3v) is 3.23. The van der Waals surface area contributed by atoms with Gasteiger partial charge < -0.3 is 14.6 Å². The van der Waals surface area contributed by atoms with E-state index in [1.54, 1.807) is 6.92 Å². The molecular formula is C22H34O4. The minimum Gasteiger partial charge on any atom is -0.477 e. The first-order chi connectivity index (χ1) is 12.7. The number of ether oxygens (including phenoxy) is 2. The number of hydrogen-bond acceptors (Lipinski definition) is 3. The van der Waals surface area contributed by atoms with Gasteiger partial charge in [0.25, 0.3) is 6.29 Å². The van der Waals surface area contributed by atoms with Gasteiger partial charge >= 0.3 is 5.97 Å². The maximum absolute atomic E-state index is 10.8. The molecule has 0 aliphatic rings. The third kappa shape index (κ3) is 16.9. The molecule has 146 valence electrons. The lowest BCUT2D eigenvalue weighted by Crippen LogP contribution is -2.27. The molecule has 0 heterocycles. The number of carboxylic acid groups (broad SMARTS) is 1. The van der Waals surface area contributed by atoms with E-state index in [0.717, 1.165) is 32.1 Å². The second kappa shape index (κ2) is 19.4. The van der Waals surface area contributed by atoms with Crippen LogP contribution in [0.1, 0.15) is 52.4 Å². The number of carbonyl (C=O) groups is 1. The summed E-state index contributed by atoms with van der Waals surface area (Å²) in [6, 6.07) is 0. The number of rotatable bonds is 16. The molecule has 26 heavy (non-hydrogen) atoms. The minimum absolute atomic E-state index is 0.318. The second-order valence-corrected chi connectivity index (χ2v) is 5.49. The second-order valence-electron chi connectivity index (χ2n) is 5.49. The summed E-state index contributed by atoms with van der Waals surface area (Å²) < 4.78 is 10.1. The zero-order chi connectivity index (χ0) is 19.3. The van der Waals surface area contributed by atoms with Gasteiger partial charge in [-0.1, -0.05) is 67.7 Å². The zero-order valence-corrected chi connectivity index (χ0v) is 16.2. The fraction of sp³-hybridized carbons (Fsp3) is 0.500. The number of carboxylic acids is 1. The van der Waals surface area contributed by atoms with E-state index in [-0.39, 0.29) is 0 Å². The van der Waals surface area contributed by atoms with Gasteiger partial charge in [-0.25, -0.2) is 4.79 Å². The van der Waals surface area contributed by atoms with Crippen LogP contribution in [0.2, 0.25) is 0 Å². The molecule has 0 fully saturated rings. The van der Waals surface area contributed by atoms with Crippen molar-refractivity contribution in [3.8, 4) is 0 Å². The topological polar surface area (TPSA) is 55.8 Å². The van der Waals surface area contributed by atoms with E-state index < -0.39 is 12.3 Å². The van der Waals surface area contributed by atoms with Gasteiger partial charge in [0, 0.05) is 6.61 Å². The summed E-state index contributed by atoms with van der Waals surface area (Å²) in [6.45, 7) is 4.53. The van der Waals surface area contributed by atoms with E-state index in [1.165, 1.54) is 0 Å². The molecule has 4 nitrogen and oxygen atoms in total. The highest BCUT2D eigenvalue weighted by Gasteiger charge is 2.16. The van der Waals surface area contributed by atoms with Crippen LogP contribution in [-0.4, -0.2) is 30.6 Å². The highest BCUT2D eigenvalue weighted by molar-refractivity contribution is 5.70. The average molecular weight is 363 g/mol. The van der Waals surface area contributed by atoms with Crippen LogP contribution in [0.3, 0.4) is 0 Å². The molecule has 0 spiro atoms. The van der Waals surface area contributed by atoms with Gasteiger partial charge in [-0.2, -0.15) is 0 Å². The Morgan fingerprint density at radius 1 is 0.769 bits per heavy atom. The van der Waals surface area contributed by atoms with Crippen molar-refractivity contribution in [3.63, 3.8) is 0 Å². The van der Waals surface area contributed by atoms with Gasteiger partial charge in [0.05, 0.1) is 6.61 Å². The quantitative estimate of drug-likeness (QED) is 0.221. The van der Waals surface area contributed by atoms with Gasteiger partial charge in [-0.05, 0) is 45.4 Å². The highest BCUT2D eigenvalue weighted by Crippen LogP contribution is 1.99. The lowest BCUT2D eigenvalue weighted by molar-refractivity contribution is -0.187. The molecule has 0 aromatic rings. The van der Waals surface area contributed by atoms with E-state index in [0.29, 0.717) is 19.6 Å². The van der Waals surface area contributed by atoms with Crippen molar-refractivity contribution in [2.75, 3.05) is 13.2 Å².